The molecular formula is C17H14N4O2. The number of aromatic hydroxyl groups is 1. The number of nitrogens with one attached hydrogen (secondary N) is 2. The van der Waals surface area contributed by atoms with Crippen molar-refractivity contribution in [1.82, 2.24) is 9.97 Å². The SMILES string of the molecule is O=C(Nc1ccccc1)c1cc(Nc2ccc(O)cc2)ncn1. The van der Waals surface area contributed by atoms with Crippen LogP contribution in [-0.2, 0) is 0 Å². The average molecular weight is 306 g/mol. The zero-order valence-corrected chi connectivity index (χ0v) is 12.1. The number of phenols is 1. The molecule has 0 fully saturated rings. The Kier molecular flexibility index (Phi) is 4.15. The minimum Gasteiger partial charge on any atom is -0.508 e. The third kappa shape index (κ3) is 3.82. The van der Waals surface area contributed by atoms with Crippen molar-refractivity contribution in [3.8, 4) is 5.75 Å². The molecule has 0 saturated heterocycles. The molecule has 0 aliphatic carbocycles. The molecule has 3 rings (SSSR count). The topological polar surface area (TPSA) is 87.1 Å². The lowest BCUT2D eigenvalue weighted by atomic mass is 10.3. The molecule has 3 N–H and O–H groups in total. The van der Waals surface area contributed by atoms with Crippen molar-refractivity contribution < 1.29 is 9.90 Å². The third-order valence-corrected chi connectivity index (χ3v) is 3.07. The molecule has 0 bridgehead atoms. The van der Waals surface area contributed by atoms with Gasteiger partial charge in [0.2, 0.25) is 0 Å². The molecule has 114 valence electrons. The van der Waals surface area contributed by atoms with E-state index in [1.54, 1.807) is 42.5 Å². The molecule has 23 heavy (non-hydrogen) atoms. The lowest BCUT2D eigenvalue weighted by molar-refractivity contribution is 0.102. The lowest BCUT2D eigenvalue weighted by Gasteiger charge is -2.07. The van der Waals surface area contributed by atoms with E-state index in [2.05, 4.69) is 20.6 Å². The van der Waals surface area contributed by atoms with Crippen molar-refractivity contribution in [2.45, 2.75) is 0 Å². The maximum absolute atomic E-state index is 12.2. The largest absolute Gasteiger partial charge is 0.508 e. The lowest BCUT2D eigenvalue weighted by Crippen LogP contribution is -2.14. The summed E-state index contributed by atoms with van der Waals surface area (Å²) in [4.78, 5) is 20.3. The van der Waals surface area contributed by atoms with Crippen molar-refractivity contribution in [2.75, 3.05) is 10.6 Å². The number of carbonyl (C=O) groups is 1. The molecule has 1 heterocycles. The van der Waals surface area contributed by atoms with Gasteiger partial charge in [-0.2, -0.15) is 0 Å². The van der Waals surface area contributed by atoms with Gasteiger partial charge in [-0.25, -0.2) is 9.97 Å². The number of hydrogen-bond acceptors (Lipinski definition) is 5. The fraction of sp³-hybridized carbons (Fsp3) is 0. The van der Waals surface area contributed by atoms with Crippen molar-refractivity contribution in [2.24, 2.45) is 0 Å². The van der Waals surface area contributed by atoms with E-state index in [9.17, 15) is 9.90 Å². The van der Waals surface area contributed by atoms with Gasteiger partial charge >= 0.3 is 0 Å². The number of hydrogen-bond donors (Lipinski definition) is 3. The number of amides is 1. The van der Waals surface area contributed by atoms with Crippen LogP contribution in [0.5, 0.6) is 5.75 Å². The van der Waals surface area contributed by atoms with Crippen molar-refractivity contribution in [3.63, 3.8) is 0 Å². The van der Waals surface area contributed by atoms with E-state index in [1.165, 1.54) is 6.33 Å². The highest BCUT2D eigenvalue weighted by atomic mass is 16.3. The minimum absolute atomic E-state index is 0.182. The Morgan fingerprint density at radius 3 is 2.39 bits per heavy atom. The molecule has 6 heteroatoms. The minimum atomic E-state index is -0.313. The molecule has 0 spiro atoms. The van der Waals surface area contributed by atoms with Crippen LogP contribution in [-0.4, -0.2) is 21.0 Å². The molecule has 0 radical (unpaired) electrons. The number of phenolic OH excluding ortho intramolecular Hbond substituents is 1. The van der Waals surface area contributed by atoms with E-state index in [0.717, 1.165) is 5.69 Å². The van der Waals surface area contributed by atoms with Gasteiger partial charge in [-0.15, -0.1) is 0 Å². The van der Waals surface area contributed by atoms with Crippen LogP contribution in [0.1, 0.15) is 10.5 Å². The first-order valence-corrected chi connectivity index (χ1v) is 6.95. The van der Waals surface area contributed by atoms with Gasteiger partial charge in [0.25, 0.3) is 5.91 Å². The zero-order valence-electron chi connectivity index (χ0n) is 12.1. The van der Waals surface area contributed by atoms with Crippen LogP contribution in [0.2, 0.25) is 0 Å². The molecule has 0 saturated carbocycles. The van der Waals surface area contributed by atoms with E-state index < -0.39 is 0 Å². The molecule has 0 aliphatic heterocycles. The van der Waals surface area contributed by atoms with Gasteiger partial charge in [0.1, 0.15) is 23.6 Å². The van der Waals surface area contributed by atoms with Gasteiger partial charge in [0, 0.05) is 17.4 Å². The monoisotopic (exact) mass is 306 g/mol. The summed E-state index contributed by atoms with van der Waals surface area (Å²) in [5, 5.41) is 15.1. The Bertz CT molecular complexity index is 804. The van der Waals surface area contributed by atoms with Gasteiger partial charge in [-0.05, 0) is 36.4 Å². The maximum atomic E-state index is 12.2. The van der Waals surface area contributed by atoms with Crippen LogP contribution >= 0.6 is 0 Å². The number of benzene rings is 2. The number of para-hydroxylation sites is 1. The Morgan fingerprint density at radius 1 is 0.913 bits per heavy atom. The Hall–Kier alpha value is -3.41. The third-order valence-electron chi connectivity index (χ3n) is 3.07. The molecule has 0 unspecified atom stereocenters. The standard InChI is InChI=1S/C17H14N4O2/c22-14-8-6-13(7-9-14)20-16-10-15(18-11-19-16)17(23)21-12-4-2-1-3-5-12/h1-11,22H,(H,21,23)(H,18,19,20). The van der Waals surface area contributed by atoms with E-state index >= 15 is 0 Å². The summed E-state index contributed by atoms with van der Waals surface area (Å²) >= 11 is 0. The normalized spacial score (nSPS) is 10.1. The second-order valence-corrected chi connectivity index (χ2v) is 4.78. The van der Waals surface area contributed by atoms with E-state index in [-0.39, 0.29) is 17.4 Å². The summed E-state index contributed by atoms with van der Waals surface area (Å²) in [6.45, 7) is 0. The Labute approximate surface area is 132 Å². The molecule has 1 amide bonds. The van der Waals surface area contributed by atoms with Crippen molar-refractivity contribution >= 4 is 23.1 Å². The van der Waals surface area contributed by atoms with Crippen molar-refractivity contribution in [1.29, 1.82) is 0 Å². The van der Waals surface area contributed by atoms with Crippen molar-refractivity contribution in [3.05, 3.63) is 72.7 Å². The van der Waals surface area contributed by atoms with Crippen LogP contribution in [0.3, 0.4) is 0 Å². The number of anilines is 3. The fourth-order valence-electron chi connectivity index (χ4n) is 1.96. The molecule has 1 aromatic heterocycles. The quantitative estimate of drug-likeness (QED) is 0.644. The second kappa shape index (κ2) is 6.57. The summed E-state index contributed by atoms with van der Waals surface area (Å²) in [5.41, 5.74) is 1.70. The summed E-state index contributed by atoms with van der Waals surface area (Å²) < 4.78 is 0. The van der Waals surface area contributed by atoms with E-state index in [0.29, 0.717) is 11.5 Å². The average Bonchev–Trinajstić information content (AvgIpc) is 2.58. The van der Waals surface area contributed by atoms with E-state index in [4.69, 9.17) is 0 Å². The van der Waals surface area contributed by atoms with Crippen LogP contribution in [0, 0.1) is 0 Å². The van der Waals surface area contributed by atoms with Crippen LogP contribution in [0.4, 0.5) is 17.2 Å². The molecule has 0 aliphatic rings. The molecular weight excluding hydrogens is 292 g/mol. The summed E-state index contributed by atoms with van der Waals surface area (Å²) in [6.07, 6.45) is 1.32. The first-order chi connectivity index (χ1) is 11.2. The van der Waals surface area contributed by atoms with Crippen LogP contribution in [0.25, 0.3) is 0 Å². The van der Waals surface area contributed by atoms with E-state index in [1.807, 2.05) is 18.2 Å². The molecule has 0 atom stereocenters. The number of nitrogens with zero attached hydrogens (tertiary/aromatic N) is 2. The molecule has 6 nitrogen and oxygen atoms in total. The molecule has 3 aromatic rings. The summed E-state index contributed by atoms with van der Waals surface area (Å²) in [5.74, 6) is 0.359. The van der Waals surface area contributed by atoms with Gasteiger partial charge in [0.15, 0.2) is 0 Å². The first kappa shape index (κ1) is 14.5. The van der Waals surface area contributed by atoms with Gasteiger partial charge < -0.3 is 15.7 Å². The number of aromatic nitrogens is 2. The fourth-order valence-corrected chi connectivity index (χ4v) is 1.96. The second-order valence-electron chi connectivity index (χ2n) is 4.78. The maximum Gasteiger partial charge on any atom is 0.274 e. The first-order valence-electron chi connectivity index (χ1n) is 6.95. The Morgan fingerprint density at radius 2 is 1.65 bits per heavy atom. The predicted octanol–water partition coefficient (Wildman–Crippen LogP) is 3.18. The van der Waals surface area contributed by atoms with Crippen LogP contribution in [0.15, 0.2) is 67.0 Å². The number of carbonyl (C=O) groups excluding carboxylic acids is 1. The highest BCUT2D eigenvalue weighted by molar-refractivity contribution is 6.03. The van der Waals surface area contributed by atoms with Crippen LogP contribution < -0.4 is 10.6 Å². The number of rotatable bonds is 4. The molecule has 2 aromatic carbocycles. The highest BCUT2D eigenvalue weighted by Gasteiger charge is 2.09. The van der Waals surface area contributed by atoms with Gasteiger partial charge in [-0.1, -0.05) is 18.2 Å². The predicted molar refractivity (Wildman–Crippen MR) is 87.8 cm³/mol. The smallest absolute Gasteiger partial charge is 0.274 e. The zero-order chi connectivity index (χ0) is 16.1. The Balaban J connectivity index is 1.74. The van der Waals surface area contributed by atoms with Gasteiger partial charge in [0.05, 0.1) is 0 Å². The summed E-state index contributed by atoms with van der Waals surface area (Å²) in [6, 6.07) is 17.3. The summed E-state index contributed by atoms with van der Waals surface area (Å²) in [7, 11) is 0. The highest BCUT2D eigenvalue weighted by Crippen LogP contribution is 2.18. The van der Waals surface area contributed by atoms with Gasteiger partial charge in [-0.3, -0.25) is 4.79 Å².